The first-order valence-corrected chi connectivity index (χ1v) is 4.41. The quantitative estimate of drug-likeness (QED) is 0.721. The van der Waals surface area contributed by atoms with Gasteiger partial charge in [0, 0.05) is 0 Å². The van der Waals surface area contributed by atoms with E-state index in [1.807, 2.05) is 37.3 Å². The minimum Gasteiger partial charge on any atom is -0.343 e. The molecule has 0 unspecified atom stereocenters. The van der Waals surface area contributed by atoms with E-state index in [-0.39, 0.29) is 18.5 Å². The molecule has 0 saturated carbocycles. The van der Waals surface area contributed by atoms with Crippen LogP contribution in [0.1, 0.15) is 18.5 Å². The largest absolute Gasteiger partial charge is 0.343 e. The van der Waals surface area contributed by atoms with Crippen molar-refractivity contribution in [2.24, 2.45) is 0 Å². The van der Waals surface area contributed by atoms with Crippen LogP contribution in [0.25, 0.3) is 4.85 Å². The minimum atomic E-state index is -0.226. The van der Waals surface area contributed by atoms with Crippen molar-refractivity contribution in [1.29, 1.82) is 0 Å². The SMILES string of the molecule is [C-]#[N+]CC(=O)N[C@H](C)c1ccccc1. The van der Waals surface area contributed by atoms with Crippen molar-refractivity contribution in [1.82, 2.24) is 5.32 Å². The van der Waals surface area contributed by atoms with Crippen LogP contribution in [0.2, 0.25) is 0 Å². The maximum Gasteiger partial charge on any atom is 0.300 e. The molecule has 3 nitrogen and oxygen atoms in total. The maximum absolute atomic E-state index is 11.1. The summed E-state index contributed by atoms with van der Waals surface area (Å²) >= 11 is 0. The van der Waals surface area contributed by atoms with Gasteiger partial charge in [-0.25, -0.2) is 6.57 Å². The molecule has 0 heterocycles. The average Bonchev–Trinajstić information content (AvgIpc) is 2.19. The number of amides is 1. The van der Waals surface area contributed by atoms with Crippen LogP contribution in [0.3, 0.4) is 0 Å². The molecular weight excluding hydrogens is 176 g/mol. The fourth-order valence-electron chi connectivity index (χ4n) is 1.18. The number of hydrogen-bond acceptors (Lipinski definition) is 1. The molecule has 1 aromatic carbocycles. The first-order valence-electron chi connectivity index (χ1n) is 4.41. The first-order chi connectivity index (χ1) is 6.74. The molecule has 14 heavy (non-hydrogen) atoms. The zero-order valence-corrected chi connectivity index (χ0v) is 8.03. The molecule has 0 aliphatic heterocycles. The molecule has 0 radical (unpaired) electrons. The third kappa shape index (κ3) is 2.91. The van der Waals surface area contributed by atoms with Gasteiger partial charge in [0.2, 0.25) is 0 Å². The molecule has 0 fully saturated rings. The summed E-state index contributed by atoms with van der Waals surface area (Å²) in [6.07, 6.45) is 0. The fourth-order valence-corrected chi connectivity index (χ4v) is 1.18. The summed E-state index contributed by atoms with van der Waals surface area (Å²) in [7, 11) is 0. The van der Waals surface area contributed by atoms with Crippen LogP contribution in [-0.4, -0.2) is 12.5 Å². The second-order valence-electron chi connectivity index (χ2n) is 3.02. The molecule has 0 aliphatic rings. The number of carbonyl (C=O) groups is 1. The lowest BCUT2D eigenvalue weighted by Crippen LogP contribution is -2.28. The van der Waals surface area contributed by atoms with E-state index in [0.29, 0.717) is 0 Å². The van der Waals surface area contributed by atoms with E-state index in [9.17, 15) is 4.79 Å². The van der Waals surface area contributed by atoms with Gasteiger partial charge in [0.1, 0.15) is 0 Å². The van der Waals surface area contributed by atoms with Crippen LogP contribution >= 0.6 is 0 Å². The van der Waals surface area contributed by atoms with Crippen molar-refractivity contribution in [3.8, 4) is 0 Å². The lowest BCUT2D eigenvalue weighted by Gasteiger charge is -2.11. The van der Waals surface area contributed by atoms with Crippen molar-refractivity contribution in [2.75, 3.05) is 6.54 Å². The number of hydrogen-bond donors (Lipinski definition) is 1. The van der Waals surface area contributed by atoms with Gasteiger partial charge in [0.25, 0.3) is 6.54 Å². The highest BCUT2D eigenvalue weighted by Crippen LogP contribution is 2.10. The molecule has 1 N–H and O–H groups in total. The van der Waals surface area contributed by atoms with Gasteiger partial charge in [-0.15, -0.1) is 0 Å². The Balaban J connectivity index is 2.56. The van der Waals surface area contributed by atoms with Crippen molar-refractivity contribution in [2.45, 2.75) is 13.0 Å². The third-order valence-electron chi connectivity index (χ3n) is 1.90. The van der Waals surface area contributed by atoms with Crippen molar-refractivity contribution >= 4 is 5.91 Å². The van der Waals surface area contributed by atoms with Crippen LogP contribution in [0, 0.1) is 6.57 Å². The Morgan fingerprint density at radius 3 is 2.71 bits per heavy atom. The van der Waals surface area contributed by atoms with E-state index in [4.69, 9.17) is 6.57 Å². The van der Waals surface area contributed by atoms with Crippen LogP contribution in [-0.2, 0) is 4.79 Å². The van der Waals surface area contributed by atoms with Crippen LogP contribution in [0.5, 0.6) is 0 Å². The first kappa shape index (κ1) is 10.3. The molecule has 1 atom stereocenters. The monoisotopic (exact) mass is 188 g/mol. The predicted octanol–water partition coefficient (Wildman–Crippen LogP) is 1.78. The van der Waals surface area contributed by atoms with Crippen LogP contribution in [0.15, 0.2) is 30.3 Å². The van der Waals surface area contributed by atoms with Crippen LogP contribution in [0.4, 0.5) is 0 Å². The highest BCUT2D eigenvalue weighted by molar-refractivity contribution is 5.79. The van der Waals surface area contributed by atoms with Gasteiger partial charge < -0.3 is 10.2 Å². The normalized spacial score (nSPS) is 11.4. The molecule has 1 rings (SSSR count). The van der Waals surface area contributed by atoms with Gasteiger partial charge in [-0.1, -0.05) is 30.3 Å². The summed E-state index contributed by atoms with van der Waals surface area (Å²) in [5.74, 6) is -0.226. The zero-order chi connectivity index (χ0) is 10.4. The molecule has 1 amide bonds. The van der Waals surface area contributed by atoms with E-state index in [1.54, 1.807) is 0 Å². The molecule has 1 aromatic rings. The molecule has 0 spiro atoms. The van der Waals surface area contributed by atoms with Crippen molar-refractivity contribution in [3.63, 3.8) is 0 Å². The van der Waals surface area contributed by atoms with Gasteiger partial charge in [0.15, 0.2) is 0 Å². The van der Waals surface area contributed by atoms with E-state index in [2.05, 4.69) is 10.2 Å². The Labute approximate surface area is 83.6 Å². The van der Waals surface area contributed by atoms with E-state index < -0.39 is 0 Å². The molecule has 0 bridgehead atoms. The number of carbonyl (C=O) groups excluding carboxylic acids is 1. The smallest absolute Gasteiger partial charge is 0.300 e. The number of nitrogens with zero attached hydrogens (tertiary/aromatic N) is 1. The molecular formula is C11H12N2O. The van der Waals surface area contributed by atoms with E-state index in [1.165, 1.54) is 0 Å². The van der Waals surface area contributed by atoms with Gasteiger partial charge in [-0.05, 0) is 12.5 Å². The standard InChI is InChI=1S/C11H12N2O/c1-9(13-11(14)8-12-2)10-6-4-3-5-7-10/h3-7,9H,8H2,1H3,(H,13,14)/t9-/m1/s1. The fraction of sp³-hybridized carbons (Fsp3) is 0.273. The van der Waals surface area contributed by atoms with Gasteiger partial charge in [0.05, 0.1) is 6.04 Å². The van der Waals surface area contributed by atoms with Crippen molar-refractivity contribution < 1.29 is 4.79 Å². The summed E-state index contributed by atoms with van der Waals surface area (Å²) in [6, 6.07) is 9.63. The summed E-state index contributed by atoms with van der Waals surface area (Å²) < 4.78 is 0. The van der Waals surface area contributed by atoms with E-state index in [0.717, 1.165) is 5.56 Å². The van der Waals surface area contributed by atoms with Gasteiger partial charge in [-0.2, -0.15) is 0 Å². The molecule has 0 aromatic heterocycles. The molecule has 0 saturated heterocycles. The highest BCUT2D eigenvalue weighted by atomic mass is 16.1. The third-order valence-corrected chi connectivity index (χ3v) is 1.90. The number of benzene rings is 1. The highest BCUT2D eigenvalue weighted by Gasteiger charge is 2.09. The maximum atomic E-state index is 11.1. The summed E-state index contributed by atoms with van der Waals surface area (Å²) in [4.78, 5) is 14.1. The second kappa shape index (κ2) is 5.03. The Hall–Kier alpha value is -1.82. The van der Waals surface area contributed by atoms with Gasteiger partial charge >= 0.3 is 5.91 Å². The Morgan fingerprint density at radius 1 is 1.50 bits per heavy atom. The molecule has 3 heteroatoms. The molecule has 0 aliphatic carbocycles. The lowest BCUT2D eigenvalue weighted by molar-refractivity contribution is -0.119. The summed E-state index contributed by atoms with van der Waals surface area (Å²) in [5.41, 5.74) is 1.05. The lowest BCUT2D eigenvalue weighted by atomic mass is 10.1. The topological polar surface area (TPSA) is 33.5 Å². The summed E-state index contributed by atoms with van der Waals surface area (Å²) in [6.45, 7) is 8.35. The minimum absolute atomic E-state index is 0.0366. The predicted molar refractivity (Wildman–Crippen MR) is 54.5 cm³/mol. The Bertz CT molecular complexity index is 340. The van der Waals surface area contributed by atoms with Gasteiger partial charge in [-0.3, -0.25) is 4.79 Å². The molecule has 72 valence electrons. The van der Waals surface area contributed by atoms with Crippen LogP contribution < -0.4 is 5.32 Å². The summed E-state index contributed by atoms with van der Waals surface area (Å²) in [5, 5.41) is 2.74. The average molecular weight is 188 g/mol. The number of rotatable bonds is 3. The Kier molecular flexibility index (Phi) is 3.69. The zero-order valence-electron chi connectivity index (χ0n) is 8.03. The second-order valence-corrected chi connectivity index (χ2v) is 3.02. The van der Waals surface area contributed by atoms with E-state index >= 15 is 0 Å². The van der Waals surface area contributed by atoms with Crippen molar-refractivity contribution in [3.05, 3.63) is 47.3 Å². The Morgan fingerprint density at radius 2 is 2.14 bits per heavy atom. The number of nitrogens with one attached hydrogen (secondary N) is 1.